The Bertz CT molecular complexity index is 408. The standard InChI is InChI=1S/C13H18Cl2N2O/c1-9(2)5-6-16-13(18)8-17-12-7-10(14)3-4-11(12)15/h3-4,7,9,17H,5-6,8H2,1-2H3,(H,16,18). The Kier molecular flexibility index (Phi) is 6.30. The number of benzene rings is 1. The predicted octanol–water partition coefficient (Wildman–Crippen LogP) is 3.57. The molecular formula is C13H18Cl2N2O. The van der Waals surface area contributed by atoms with E-state index in [9.17, 15) is 4.79 Å². The smallest absolute Gasteiger partial charge is 0.239 e. The fourth-order valence-corrected chi connectivity index (χ4v) is 1.73. The molecule has 0 atom stereocenters. The lowest BCUT2D eigenvalue weighted by Gasteiger charge is -2.10. The summed E-state index contributed by atoms with van der Waals surface area (Å²) < 4.78 is 0. The van der Waals surface area contributed by atoms with Gasteiger partial charge in [0, 0.05) is 11.6 Å². The van der Waals surface area contributed by atoms with Crippen LogP contribution in [0, 0.1) is 5.92 Å². The van der Waals surface area contributed by atoms with Crippen molar-refractivity contribution < 1.29 is 4.79 Å². The summed E-state index contributed by atoms with van der Waals surface area (Å²) in [6.07, 6.45) is 0.976. The molecule has 1 rings (SSSR count). The summed E-state index contributed by atoms with van der Waals surface area (Å²) in [5, 5.41) is 6.94. The molecule has 3 nitrogen and oxygen atoms in total. The Morgan fingerprint density at radius 2 is 2.06 bits per heavy atom. The Labute approximate surface area is 118 Å². The first kappa shape index (κ1) is 15.1. The third kappa shape index (κ3) is 5.61. The fraction of sp³-hybridized carbons (Fsp3) is 0.462. The second-order valence-electron chi connectivity index (χ2n) is 4.51. The molecule has 0 aliphatic heterocycles. The minimum absolute atomic E-state index is 0.0494. The van der Waals surface area contributed by atoms with Gasteiger partial charge >= 0.3 is 0 Å². The number of hydrogen-bond donors (Lipinski definition) is 2. The van der Waals surface area contributed by atoms with E-state index in [1.165, 1.54) is 0 Å². The van der Waals surface area contributed by atoms with Gasteiger partial charge in [-0.25, -0.2) is 0 Å². The van der Waals surface area contributed by atoms with Crippen LogP contribution < -0.4 is 10.6 Å². The zero-order valence-corrected chi connectivity index (χ0v) is 12.1. The minimum Gasteiger partial charge on any atom is -0.375 e. The zero-order chi connectivity index (χ0) is 13.5. The molecule has 0 spiro atoms. The van der Waals surface area contributed by atoms with Gasteiger partial charge in [-0.3, -0.25) is 4.79 Å². The molecule has 0 aromatic heterocycles. The second-order valence-corrected chi connectivity index (χ2v) is 5.35. The van der Waals surface area contributed by atoms with Crippen LogP contribution in [0.15, 0.2) is 18.2 Å². The molecule has 0 aliphatic carbocycles. The summed E-state index contributed by atoms with van der Waals surface area (Å²) in [7, 11) is 0. The lowest BCUT2D eigenvalue weighted by Crippen LogP contribution is -2.31. The maximum Gasteiger partial charge on any atom is 0.239 e. The summed E-state index contributed by atoms with van der Waals surface area (Å²) in [5.41, 5.74) is 0.670. The average molecular weight is 289 g/mol. The lowest BCUT2D eigenvalue weighted by molar-refractivity contribution is -0.119. The molecule has 0 unspecified atom stereocenters. The number of rotatable bonds is 6. The van der Waals surface area contributed by atoms with Crippen molar-refractivity contribution in [2.75, 3.05) is 18.4 Å². The first-order chi connectivity index (χ1) is 8.49. The van der Waals surface area contributed by atoms with E-state index < -0.39 is 0 Å². The maximum absolute atomic E-state index is 11.5. The molecule has 0 saturated heterocycles. The van der Waals surface area contributed by atoms with Crippen LogP contribution in [-0.2, 0) is 4.79 Å². The Balaban J connectivity index is 2.36. The number of nitrogens with one attached hydrogen (secondary N) is 2. The second kappa shape index (κ2) is 7.49. The normalized spacial score (nSPS) is 10.5. The van der Waals surface area contributed by atoms with Crippen LogP contribution in [-0.4, -0.2) is 19.0 Å². The SMILES string of the molecule is CC(C)CCNC(=O)CNc1cc(Cl)ccc1Cl. The van der Waals surface area contributed by atoms with Gasteiger partial charge in [0.1, 0.15) is 0 Å². The third-order valence-corrected chi connectivity index (χ3v) is 2.98. The summed E-state index contributed by atoms with van der Waals surface area (Å²) in [4.78, 5) is 11.5. The van der Waals surface area contributed by atoms with Gasteiger partial charge in [-0.1, -0.05) is 37.0 Å². The molecule has 0 aliphatic rings. The highest BCUT2D eigenvalue weighted by Crippen LogP contribution is 2.24. The van der Waals surface area contributed by atoms with Crippen molar-refractivity contribution >= 4 is 34.8 Å². The molecule has 18 heavy (non-hydrogen) atoms. The van der Waals surface area contributed by atoms with Crippen molar-refractivity contribution in [2.24, 2.45) is 5.92 Å². The molecule has 0 bridgehead atoms. The van der Waals surface area contributed by atoms with Gasteiger partial charge in [0.25, 0.3) is 0 Å². The van der Waals surface area contributed by atoms with Crippen LogP contribution in [0.25, 0.3) is 0 Å². The van der Waals surface area contributed by atoms with Crippen LogP contribution in [0.4, 0.5) is 5.69 Å². The van der Waals surface area contributed by atoms with Gasteiger partial charge in [0.15, 0.2) is 0 Å². The Morgan fingerprint density at radius 3 is 2.72 bits per heavy atom. The number of hydrogen-bond acceptors (Lipinski definition) is 2. The molecule has 5 heteroatoms. The summed E-state index contributed by atoms with van der Waals surface area (Å²) in [6, 6.07) is 5.10. The van der Waals surface area contributed by atoms with Crippen molar-refractivity contribution in [1.29, 1.82) is 0 Å². The molecular weight excluding hydrogens is 271 g/mol. The zero-order valence-electron chi connectivity index (χ0n) is 10.6. The Morgan fingerprint density at radius 1 is 1.33 bits per heavy atom. The van der Waals surface area contributed by atoms with Crippen LogP contribution in [0.3, 0.4) is 0 Å². The van der Waals surface area contributed by atoms with Gasteiger partial charge in [-0.15, -0.1) is 0 Å². The first-order valence-electron chi connectivity index (χ1n) is 5.94. The van der Waals surface area contributed by atoms with Crippen LogP contribution in [0.5, 0.6) is 0 Å². The number of anilines is 1. The highest BCUT2D eigenvalue weighted by Gasteiger charge is 2.04. The Hall–Kier alpha value is -0.930. The molecule has 100 valence electrons. The number of amides is 1. The van der Waals surface area contributed by atoms with Crippen LogP contribution >= 0.6 is 23.2 Å². The van der Waals surface area contributed by atoms with E-state index in [1.54, 1.807) is 18.2 Å². The summed E-state index contributed by atoms with van der Waals surface area (Å²) in [5.74, 6) is 0.535. The van der Waals surface area contributed by atoms with E-state index in [2.05, 4.69) is 24.5 Å². The fourth-order valence-electron chi connectivity index (χ4n) is 1.37. The van der Waals surface area contributed by atoms with Gasteiger partial charge in [-0.2, -0.15) is 0 Å². The molecule has 0 heterocycles. The van der Waals surface area contributed by atoms with Crippen molar-refractivity contribution in [3.8, 4) is 0 Å². The van der Waals surface area contributed by atoms with E-state index in [1.807, 2.05) is 0 Å². The predicted molar refractivity (Wildman–Crippen MR) is 77.4 cm³/mol. The largest absolute Gasteiger partial charge is 0.375 e. The highest BCUT2D eigenvalue weighted by molar-refractivity contribution is 6.35. The molecule has 0 radical (unpaired) electrons. The highest BCUT2D eigenvalue weighted by atomic mass is 35.5. The van der Waals surface area contributed by atoms with Gasteiger partial charge < -0.3 is 10.6 Å². The molecule has 1 aromatic carbocycles. The van der Waals surface area contributed by atoms with E-state index in [0.29, 0.717) is 28.2 Å². The molecule has 0 saturated carbocycles. The number of halogens is 2. The average Bonchev–Trinajstić information content (AvgIpc) is 2.30. The van der Waals surface area contributed by atoms with E-state index in [4.69, 9.17) is 23.2 Å². The van der Waals surface area contributed by atoms with Crippen LogP contribution in [0.2, 0.25) is 10.0 Å². The molecule has 2 N–H and O–H groups in total. The van der Waals surface area contributed by atoms with Crippen LogP contribution in [0.1, 0.15) is 20.3 Å². The topological polar surface area (TPSA) is 41.1 Å². The quantitative estimate of drug-likeness (QED) is 0.840. The third-order valence-electron chi connectivity index (χ3n) is 2.41. The van der Waals surface area contributed by atoms with E-state index in [0.717, 1.165) is 6.42 Å². The molecule has 0 fully saturated rings. The summed E-state index contributed by atoms with van der Waals surface area (Å²) in [6.45, 7) is 5.13. The van der Waals surface area contributed by atoms with E-state index in [-0.39, 0.29) is 12.5 Å². The maximum atomic E-state index is 11.5. The van der Waals surface area contributed by atoms with Crippen molar-refractivity contribution in [3.63, 3.8) is 0 Å². The summed E-state index contributed by atoms with van der Waals surface area (Å²) >= 11 is 11.8. The minimum atomic E-state index is -0.0494. The van der Waals surface area contributed by atoms with Crippen molar-refractivity contribution in [2.45, 2.75) is 20.3 Å². The van der Waals surface area contributed by atoms with Gasteiger partial charge in [0.05, 0.1) is 17.3 Å². The van der Waals surface area contributed by atoms with Gasteiger partial charge in [0.2, 0.25) is 5.91 Å². The number of carbonyl (C=O) groups excluding carboxylic acids is 1. The lowest BCUT2D eigenvalue weighted by atomic mass is 10.1. The number of carbonyl (C=O) groups is 1. The monoisotopic (exact) mass is 288 g/mol. The van der Waals surface area contributed by atoms with E-state index >= 15 is 0 Å². The molecule has 1 amide bonds. The first-order valence-corrected chi connectivity index (χ1v) is 6.70. The van der Waals surface area contributed by atoms with Crippen molar-refractivity contribution in [1.82, 2.24) is 5.32 Å². The van der Waals surface area contributed by atoms with Gasteiger partial charge in [-0.05, 0) is 30.5 Å². The molecule has 1 aromatic rings. The van der Waals surface area contributed by atoms with Crippen molar-refractivity contribution in [3.05, 3.63) is 28.2 Å².